The van der Waals surface area contributed by atoms with E-state index < -0.39 is 11.6 Å². The van der Waals surface area contributed by atoms with Crippen LogP contribution in [-0.4, -0.2) is 6.61 Å². The molecule has 0 amide bonds. The van der Waals surface area contributed by atoms with Gasteiger partial charge >= 0.3 is 0 Å². The van der Waals surface area contributed by atoms with Gasteiger partial charge in [-0.2, -0.15) is 0 Å². The van der Waals surface area contributed by atoms with E-state index >= 15 is 0 Å². The highest BCUT2D eigenvalue weighted by Gasteiger charge is 2.09. The normalized spacial score (nSPS) is 10.8. The van der Waals surface area contributed by atoms with Crippen molar-refractivity contribution in [2.45, 2.75) is 20.3 Å². The fourth-order valence-electron chi connectivity index (χ4n) is 1.02. The predicted molar refractivity (Wildman–Crippen MR) is 56.3 cm³/mol. The monoisotopic (exact) mass is 234 g/mol. The molecule has 0 aromatic heterocycles. The Morgan fingerprint density at radius 2 is 1.93 bits per heavy atom. The van der Waals surface area contributed by atoms with Gasteiger partial charge in [-0.05, 0) is 12.3 Å². The summed E-state index contributed by atoms with van der Waals surface area (Å²) in [6, 6.07) is 1.89. The molecule has 0 aliphatic heterocycles. The van der Waals surface area contributed by atoms with Crippen molar-refractivity contribution < 1.29 is 13.5 Å². The predicted octanol–water partition coefficient (Wildman–Crippen LogP) is 4.04. The number of rotatable bonds is 4. The number of benzene rings is 1. The van der Waals surface area contributed by atoms with Crippen LogP contribution in [0, 0.1) is 17.6 Å². The largest absolute Gasteiger partial charge is 0.490 e. The van der Waals surface area contributed by atoms with Crippen molar-refractivity contribution in [3.63, 3.8) is 0 Å². The third kappa shape index (κ3) is 3.67. The molecular formula is C11H13ClF2O. The topological polar surface area (TPSA) is 9.23 Å². The second kappa shape index (κ2) is 5.31. The summed E-state index contributed by atoms with van der Waals surface area (Å²) < 4.78 is 31.1. The Hall–Kier alpha value is -0.830. The zero-order chi connectivity index (χ0) is 11.4. The van der Waals surface area contributed by atoms with Crippen LogP contribution in [0.3, 0.4) is 0 Å². The summed E-state index contributed by atoms with van der Waals surface area (Å²) in [6.45, 7) is 4.48. The lowest BCUT2D eigenvalue weighted by Gasteiger charge is -2.09. The molecule has 0 unspecified atom stereocenters. The first-order valence-corrected chi connectivity index (χ1v) is 5.16. The molecule has 1 aromatic carbocycles. The molecule has 0 radical (unpaired) electrons. The van der Waals surface area contributed by atoms with Gasteiger partial charge in [-0.1, -0.05) is 25.4 Å². The summed E-state index contributed by atoms with van der Waals surface area (Å²) in [7, 11) is 0. The number of ether oxygens (including phenoxy) is 1. The number of hydrogen-bond acceptors (Lipinski definition) is 1. The zero-order valence-electron chi connectivity index (χ0n) is 8.69. The van der Waals surface area contributed by atoms with Gasteiger partial charge in [0.1, 0.15) is 5.82 Å². The second-order valence-electron chi connectivity index (χ2n) is 3.73. The van der Waals surface area contributed by atoms with E-state index in [1.807, 2.05) is 13.8 Å². The molecule has 1 rings (SSSR count). The highest BCUT2D eigenvalue weighted by molar-refractivity contribution is 6.30. The first-order chi connectivity index (χ1) is 7.00. The van der Waals surface area contributed by atoms with Crippen molar-refractivity contribution in [2.24, 2.45) is 5.92 Å². The Morgan fingerprint density at radius 1 is 1.27 bits per heavy atom. The molecule has 15 heavy (non-hydrogen) atoms. The van der Waals surface area contributed by atoms with Gasteiger partial charge in [0, 0.05) is 12.1 Å². The van der Waals surface area contributed by atoms with Gasteiger partial charge in [0.2, 0.25) is 0 Å². The quantitative estimate of drug-likeness (QED) is 0.715. The maximum Gasteiger partial charge on any atom is 0.168 e. The van der Waals surface area contributed by atoms with E-state index in [1.165, 1.54) is 0 Å². The molecule has 1 nitrogen and oxygen atoms in total. The summed E-state index contributed by atoms with van der Waals surface area (Å²) in [5.74, 6) is -1.02. The summed E-state index contributed by atoms with van der Waals surface area (Å²) >= 11 is 5.51. The maximum atomic E-state index is 13.1. The van der Waals surface area contributed by atoms with E-state index in [2.05, 4.69) is 0 Å². The van der Waals surface area contributed by atoms with Crippen LogP contribution in [0.25, 0.3) is 0 Å². The van der Waals surface area contributed by atoms with Crippen LogP contribution >= 0.6 is 11.6 Å². The smallest absolute Gasteiger partial charge is 0.168 e. The van der Waals surface area contributed by atoms with Gasteiger partial charge in [-0.3, -0.25) is 0 Å². The van der Waals surface area contributed by atoms with Crippen LogP contribution in [0.4, 0.5) is 8.78 Å². The van der Waals surface area contributed by atoms with Crippen molar-refractivity contribution in [3.05, 3.63) is 28.8 Å². The maximum absolute atomic E-state index is 13.1. The molecule has 0 atom stereocenters. The first kappa shape index (κ1) is 12.2. The van der Waals surface area contributed by atoms with Crippen molar-refractivity contribution in [3.8, 4) is 5.75 Å². The van der Waals surface area contributed by atoms with Crippen LogP contribution in [-0.2, 0) is 0 Å². The summed E-state index contributed by atoms with van der Waals surface area (Å²) in [4.78, 5) is 0. The van der Waals surface area contributed by atoms with Crippen LogP contribution < -0.4 is 4.74 Å². The van der Waals surface area contributed by atoms with Crippen molar-refractivity contribution >= 4 is 11.6 Å². The molecule has 0 spiro atoms. The molecular weight excluding hydrogens is 222 g/mol. The van der Waals surface area contributed by atoms with E-state index in [4.69, 9.17) is 16.3 Å². The van der Waals surface area contributed by atoms with Crippen LogP contribution in [0.15, 0.2) is 12.1 Å². The van der Waals surface area contributed by atoms with Crippen LogP contribution in [0.5, 0.6) is 5.75 Å². The van der Waals surface area contributed by atoms with E-state index in [9.17, 15) is 8.78 Å². The third-order valence-corrected chi connectivity index (χ3v) is 2.22. The molecule has 0 aliphatic rings. The van der Waals surface area contributed by atoms with E-state index in [-0.39, 0.29) is 10.8 Å². The minimum Gasteiger partial charge on any atom is -0.490 e. The molecule has 0 heterocycles. The Bertz CT molecular complexity index is 340. The van der Waals surface area contributed by atoms with Gasteiger partial charge in [0.25, 0.3) is 0 Å². The fourth-order valence-corrected chi connectivity index (χ4v) is 1.17. The molecule has 0 fully saturated rings. The summed E-state index contributed by atoms with van der Waals surface area (Å²) in [5, 5.41) is -0.129. The number of hydrogen-bond donors (Lipinski definition) is 0. The lowest BCUT2D eigenvalue weighted by atomic mass is 10.1. The SMILES string of the molecule is CC(C)CCOc1cc(Cl)c(F)cc1F. The minimum atomic E-state index is -0.773. The Kier molecular flexibility index (Phi) is 4.33. The van der Waals surface area contributed by atoms with E-state index in [0.717, 1.165) is 18.6 Å². The van der Waals surface area contributed by atoms with Crippen molar-refractivity contribution in [1.82, 2.24) is 0 Å². The van der Waals surface area contributed by atoms with Crippen LogP contribution in [0.1, 0.15) is 20.3 Å². The van der Waals surface area contributed by atoms with Gasteiger partial charge in [-0.25, -0.2) is 8.78 Å². The van der Waals surface area contributed by atoms with Crippen molar-refractivity contribution in [2.75, 3.05) is 6.61 Å². The molecule has 1 aromatic rings. The van der Waals surface area contributed by atoms with Gasteiger partial charge < -0.3 is 4.74 Å². The second-order valence-corrected chi connectivity index (χ2v) is 4.13. The average molecular weight is 235 g/mol. The van der Waals surface area contributed by atoms with Gasteiger partial charge in [0.15, 0.2) is 11.6 Å². The molecule has 0 bridgehead atoms. The van der Waals surface area contributed by atoms with E-state index in [0.29, 0.717) is 12.5 Å². The van der Waals surface area contributed by atoms with Gasteiger partial charge in [0.05, 0.1) is 11.6 Å². The highest BCUT2D eigenvalue weighted by Crippen LogP contribution is 2.25. The Morgan fingerprint density at radius 3 is 2.53 bits per heavy atom. The zero-order valence-corrected chi connectivity index (χ0v) is 9.44. The number of halogens is 3. The molecule has 0 aliphatic carbocycles. The first-order valence-electron chi connectivity index (χ1n) is 4.78. The standard InChI is InChI=1S/C11H13ClF2O/c1-7(2)3-4-15-11-5-8(12)9(13)6-10(11)14/h5-7H,3-4H2,1-2H3. The van der Waals surface area contributed by atoms with E-state index in [1.54, 1.807) is 0 Å². The molecule has 84 valence electrons. The molecule has 0 saturated heterocycles. The Labute approximate surface area is 93.0 Å². The minimum absolute atomic E-state index is 0.00190. The van der Waals surface area contributed by atoms with Crippen molar-refractivity contribution in [1.29, 1.82) is 0 Å². The lowest BCUT2D eigenvalue weighted by molar-refractivity contribution is 0.276. The van der Waals surface area contributed by atoms with Crippen LogP contribution in [0.2, 0.25) is 5.02 Å². The Balaban J connectivity index is 2.65. The lowest BCUT2D eigenvalue weighted by Crippen LogP contribution is -2.03. The molecule has 0 N–H and O–H groups in total. The molecule has 4 heteroatoms. The molecule has 0 saturated carbocycles. The highest BCUT2D eigenvalue weighted by atomic mass is 35.5. The summed E-state index contributed by atoms with van der Waals surface area (Å²) in [5.41, 5.74) is 0. The summed E-state index contributed by atoms with van der Waals surface area (Å²) in [6.07, 6.45) is 0.814. The fraction of sp³-hybridized carbons (Fsp3) is 0.455. The van der Waals surface area contributed by atoms with Gasteiger partial charge in [-0.15, -0.1) is 0 Å². The average Bonchev–Trinajstić information content (AvgIpc) is 2.13. The third-order valence-electron chi connectivity index (χ3n) is 1.93.